The molecule has 0 bridgehead atoms. The first-order valence-corrected chi connectivity index (χ1v) is 5.22. The van der Waals surface area contributed by atoms with Gasteiger partial charge in [0.15, 0.2) is 5.75 Å². The van der Waals surface area contributed by atoms with E-state index >= 15 is 0 Å². The Balaban J connectivity index is 2.20. The van der Waals surface area contributed by atoms with Crippen molar-refractivity contribution in [3.05, 3.63) is 48.5 Å². The number of nitrogen functional groups attached to an aromatic ring is 1. The van der Waals surface area contributed by atoms with E-state index in [2.05, 4.69) is 0 Å². The fourth-order valence-electron chi connectivity index (χ4n) is 1.49. The summed E-state index contributed by atoms with van der Waals surface area (Å²) in [6.07, 6.45) is 0. The molecular formula is C13H14N2O2. The first-order valence-electron chi connectivity index (χ1n) is 5.22. The van der Waals surface area contributed by atoms with Crippen LogP contribution >= 0.6 is 0 Å². The van der Waals surface area contributed by atoms with Crippen LogP contribution in [0.2, 0.25) is 0 Å². The van der Waals surface area contributed by atoms with Gasteiger partial charge in [0.1, 0.15) is 11.4 Å². The van der Waals surface area contributed by atoms with Gasteiger partial charge >= 0.3 is 0 Å². The molecule has 2 aromatic carbocycles. The van der Waals surface area contributed by atoms with Gasteiger partial charge < -0.3 is 15.7 Å². The Hall–Kier alpha value is -2.36. The average Bonchev–Trinajstić information content (AvgIpc) is 2.32. The predicted octanol–water partition coefficient (Wildman–Crippen LogP) is 2.40. The zero-order valence-electron chi connectivity index (χ0n) is 9.50. The molecule has 17 heavy (non-hydrogen) atoms. The number of para-hydroxylation sites is 4. The van der Waals surface area contributed by atoms with Gasteiger partial charge in [0.05, 0.1) is 5.69 Å². The molecule has 4 heteroatoms. The number of hydroxylamine groups is 1. The summed E-state index contributed by atoms with van der Waals surface area (Å²) in [4.78, 5) is 5.56. The Morgan fingerprint density at radius 3 is 2.41 bits per heavy atom. The number of benzene rings is 2. The second-order valence-electron chi connectivity index (χ2n) is 3.62. The molecule has 88 valence electrons. The Kier molecular flexibility index (Phi) is 3.05. The van der Waals surface area contributed by atoms with Gasteiger partial charge in [0.2, 0.25) is 0 Å². The molecule has 0 aliphatic heterocycles. The van der Waals surface area contributed by atoms with Gasteiger partial charge in [-0.15, -0.1) is 0 Å². The van der Waals surface area contributed by atoms with Crippen molar-refractivity contribution < 1.29 is 9.94 Å². The molecule has 0 heterocycles. The molecule has 0 aliphatic carbocycles. The molecule has 2 rings (SSSR count). The normalized spacial score (nSPS) is 9.94. The summed E-state index contributed by atoms with van der Waals surface area (Å²) in [6.45, 7) is 0. The fourth-order valence-corrected chi connectivity index (χ4v) is 1.49. The van der Waals surface area contributed by atoms with Gasteiger partial charge in [0.25, 0.3) is 0 Å². The summed E-state index contributed by atoms with van der Waals surface area (Å²) in [7, 11) is 1.71. The molecule has 0 saturated carbocycles. The van der Waals surface area contributed by atoms with Crippen LogP contribution in [0, 0.1) is 0 Å². The molecular weight excluding hydrogens is 216 g/mol. The summed E-state index contributed by atoms with van der Waals surface area (Å²) in [6, 6.07) is 14.1. The average molecular weight is 230 g/mol. The van der Waals surface area contributed by atoms with Crippen molar-refractivity contribution in [2.24, 2.45) is 0 Å². The lowest BCUT2D eigenvalue weighted by Gasteiger charge is -2.21. The number of anilines is 2. The molecule has 4 nitrogen and oxygen atoms in total. The van der Waals surface area contributed by atoms with Gasteiger partial charge in [0, 0.05) is 7.05 Å². The number of aromatic hydroxyl groups is 1. The van der Waals surface area contributed by atoms with Gasteiger partial charge in [-0.05, 0) is 24.3 Å². The number of nitrogens with zero attached hydrogens (tertiary/aromatic N) is 1. The summed E-state index contributed by atoms with van der Waals surface area (Å²) < 4.78 is 0. The van der Waals surface area contributed by atoms with Crippen LogP contribution in [0.25, 0.3) is 0 Å². The van der Waals surface area contributed by atoms with Crippen molar-refractivity contribution in [1.82, 2.24) is 0 Å². The standard InChI is InChI=1S/C13H14N2O2/c1-15(11-7-3-4-8-12(11)16)17-13-9-5-2-6-10(13)14/h2-9,16H,14H2,1H3. The molecule has 0 fully saturated rings. The number of phenols is 1. The van der Waals surface area contributed by atoms with E-state index in [4.69, 9.17) is 10.6 Å². The Bertz CT molecular complexity index is 514. The van der Waals surface area contributed by atoms with Crippen molar-refractivity contribution in [2.75, 3.05) is 17.8 Å². The minimum atomic E-state index is 0.157. The zero-order valence-corrected chi connectivity index (χ0v) is 9.50. The van der Waals surface area contributed by atoms with E-state index < -0.39 is 0 Å². The van der Waals surface area contributed by atoms with Crippen molar-refractivity contribution in [1.29, 1.82) is 0 Å². The molecule has 0 radical (unpaired) electrons. The highest BCUT2D eigenvalue weighted by atomic mass is 16.7. The molecule has 0 amide bonds. The fraction of sp³-hybridized carbons (Fsp3) is 0.0769. The Labute approximate surface area is 99.8 Å². The molecule has 0 atom stereocenters. The third-order valence-electron chi connectivity index (χ3n) is 2.38. The van der Waals surface area contributed by atoms with Crippen LogP contribution in [-0.4, -0.2) is 12.2 Å². The summed E-state index contributed by atoms with van der Waals surface area (Å²) in [5.41, 5.74) is 6.90. The van der Waals surface area contributed by atoms with Gasteiger partial charge in [-0.25, -0.2) is 5.06 Å². The number of hydrogen-bond acceptors (Lipinski definition) is 4. The van der Waals surface area contributed by atoms with E-state index in [0.29, 0.717) is 17.1 Å². The van der Waals surface area contributed by atoms with Crippen molar-refractivity contribution in [3.63, 3.8) is 0 Å². The highest BCUT2D eigenvalue weighted by molar-refractivity contribution is 5.57. The van der Waals surface area contributed by atoms with Gasteiger partial charge in [-0.3, -0.25) is 0 Å². The molecule has 2 aromatic rings. The van der Waals surface area contributed by atoms with Crippen LogP contribution in [0.4, 0.5) is 11.4 Å². The van der Waals surface area contributed by atoms with Crippen LogP contribution in [0.15, 0.2) is 48.5 Å². The second kappa shape index (κ2) is 4.65. The van der Waals surface area contributed by atoms with Crippen molar-refractivity contribution >= 4 is 11.4 Å². The van der Waals surface area contributed by atoms with E-state index in [0.717, 1.165) is 0 Å². The maximum absolute atomic E-state index is 9.68. The highest BCUT2D eigenvalue weighted by Gasteiger charge is 2.08. The van der Waals surface area contributed by atoms with Gasteiger partial charge in [-0.1, -0.05) is 24.3 Å². The molecule has 0 aliphatic rings. The maximum Gasteiger partial charge on any atom is 0.178 e. The monoisotopic (exact) mass is 230 g/mol. The minimum absolute atomic E-state index is 0.157. The predicted molar refractivity (Wildman–Crippen MR) is 68.0 cm³/mol. The quantitative estimate of drug-likeness (QED) is 0.628. The molecule has 0 aromatic heterocycles. The van der Waals surface area contributed by atoms with Crippen LogP contribution < -0.4 is 15.6 Å². The van der Waals surface area contributed by atoms with E-state index in [-0.39, 0.29) is 5.75 Å². The van der Waals surface area contributed by atoms with Crippen molar-refractivity contribution in [3.8, 4) is 11.5 Å². The molecule has 0 unspecified atom stereocenters. The van der Waals surface area contributed by atoms with E-state index in [9.17, 15) is 5.11 Å². The Morgan fingerprint density at radius 2 is 1.71 bits per heavy atom. The van der Waals surface area contributed by atoms with E-state index in [1.165, 1.54) is 5.06 Å². The number of rotatable bonds is 3. The first kappa shape index (κ1) is 11.1. The smallest absolute Gasteiger partial charge is 0.178 e. The van der Waals surface area contributed by atoms with Crippen LogP contribution in [0.5, 0.6) is 11.5 Å². The number of hydrogen-bond donors (Lipinski definition) is 2. The highest BCUT2D eigenvalue weighted by Crippen LogP contribution is 2.28. The number of phenolic OH excluding ortho intramolecular Hbond substituents is 1. The minimum Gasteiger partial charge on any atom is -0.506 e. The van der Waals surface area contributed by atoms with Crippen molar-refractivity contribution in [2.45, 2.75) is 0 Å². The van der Waals surface area contributed by atoms with Crippen LogP contribution in [-0.2, 0) is 0 Å². The lowest BCUT2D eigenvalue weighted by atomic mass is 10.3. The molecule has 3 N–H and O–H groups in total. The number of nitrogens with two attached hydrogens (primary N) is 1. The summed E-state index contributed by atoms with van der Waals surface area (Å²) >= 11 is 0. The lowest BCUT2D eigenvalue weighted by Crippen LogP contribution is -2.22. The topological polar surface area (TPSA) is 58.7 Å². The van der Waals surface area contributed by atoms with E-state index in [1.807, 2.05) is 18.2 Å². The second-order valence-corrected chi connectivity index (χ2v) is 3.62. The van der Waals surface area contributed by atoms with Crippen LogP contribution in [0.3, 0.4) is 0 Å². The van der Waals surface area contributed by atoms with Gasteiger partial charge in [-0.2, -0.15) is 0 Å². The summed E-state index contributed by atoms with van der Waals surface area (Å²) in [5.74, 6) is 0.711. The third kappa shape index (κ3) is 2.42. The first-order chi connectivity index (χ1) is 8.18. The SMILES string of the molecule is CN(Oc1ccccc1N)c1ccccc1O. The molecule has 0 spiro atoms. The molecule has 0 saturated heterocycles. The largest absolute Gasteiger partial charge is 0.506 e. The van der Waals surface area contributed by atoms with E-state index in [1.54, 1.807) is 37.4 Å². The zero-order chi connectivity index (χ0) is 12.3. The maximum atomic E-state index is 9.68. The van der Waals surface area contributed by atoms with Crippen LogP contribution in [0.1, 0.15) is 0 Å². The Morgan fingerprint density at radius 1 is 1.06 bits per heavy atom. The lowest BCUT2D eigenvalue weighted by molar-refractivity contribution is 0.300. The summed E-state index contributed by atoms with van der Waals surface area (Å²) in [5, 5.41) is 11.1. The third-order valence-corrected chi connectivity index (χ3v) is 2.38.